The summed E-state index contributed by atoms with van der Waals surface area (Å²) in [6, 6.07) is 5.73. The second kappa shape index (κ2) is 3.98. The van der Waals surface area contributed by atoms with Gasteiger partial charge in [-0.3, -0.25) is 10.1 Å². The fourth-order valence-electron chi connectivity index (χ4n) is 1.90. The zero-order valence-corrected chi connectivity index (χ0v) is 8.11. The van der Waals surface area contributed by atoms with Gasteiger partial charge in [-0.05, 0) is 30.5 Å². The van der Waals surface area contributed by atoms with Crippen molar-refractivity contribution < 1.29 is 14.3 Å². The summed E-state index contributed by atoms with van der Waals surface area (Å²) in [6.45, 7) is 0. The van der Waals surface area contributed by atoms with Crippen molar-refractivity contribution in [2.45, 2.75) is 24.9 Å². The van der Waals surface area contributed by atoms with E-state index in [-0.39, 0.29) is 11.9 Å². The molecule has 0 aliphatic carbocycles. The fourth-order valence-corrected chi connectivity index (χ4v) is 1.90. The second-order valence-corrected chi connectivity index (χ2v) is 3.74. The molecule has 2 N–H and O–H groups in total. The first kappa shape index (κ1) is 10.1. The molecule has 2 rings (SSSR count). The number of halogens is 1. The van der Waals surface area contributed by atoms with E-state index in [0.29, 0.717) is 6.42 Å². The number of carboxylic acids is 1. The maximum atomic E-state index is 12.7. The van der Waals surface area contributed by atoms with E-state index in [1.165, 1.54) is 12.1 Å². The van der Waals surface area contributed by atoms with Crippen LogP contribution in [0, 0.1) is 5.82 Å². The molecule has 0 aromatic heterocycles. The van der Waals surface area contributed by atoms with Gasteiger partial charge in [0.15, 0.2) is 0 Å². The molecule has 2 atom stereocenters. The van der Waals surface area contributed by atoms with Gasteiger partial charge in [-0.15, -0.1) is 0 Å². The topological polar surface area (TPSA) is 49.3 Å². The molecular weight excluding hydrogens is 197 g/mol. The van der Waals surface area contributed by atoms with Crippen molar-refractivity contribution in [1.29, 1.82) is 0 Å². The lowest BCUT2D eigenvalue weighted by Crippen LogP contribution is -2.31. The summed E-state index contributed by atoms with van der Waals surface area (Å²) in [5, 5.41) is 11.8. The molecule has 1 saturated heterocycles. The van der Waals surface area contributed by atoms with Gasteiger partial charge in [-0.2, -0.15) is 0 Å². The highest BCUT2D eigenvalue weighted by Gasteiger charge is 2.29. The van der Waals surface area contributed by atoms with Crippen LogP contribution in [0.2, 0.25) is 0 Å². The van der Waals surface area contributed by atoms with Crippen molar-refractivity contribution in [1.82, 2.24) is 5.32 Å². The first-order valence-corrected chi connectivity index (χ1v) is 4.91. The van der Waals surface area contributed by atoms with Gasteiger partial charge in [0.05, 0.1) is 0 Å². The molecule has 0 spiro atoms. The zero-order valence-electron chi connectivity index (χ0n) is 8.11. The van der Waals surface area contributed by atoms with Crippen LogP contribution in [0.3, 0.4) is 0 Å². The second-order valence-electron chi connectivity index (χ2n) is 3.74. The van der Waals surface area contributed by atoms with Gasteiger partial charge in [0.25, 0.3) is 0 Å². The maximum absolute atomic E-state index is 12.7. The summed E-state index contributed by atoms with van der Waals surface area (Å²) in [7, 11) is 0. The Balaban J connectivity index is 2.07. The number of aliphatic carboxylic acids is 1. The van der Waals surface area contributed by atoms with Crippen molar-refractivity contribution in [3.05, 3.63) is 35.6 Å². The van der Waals surface area contributed by atoms with Crippen LogP contribution in [0.4, 0.5) is 4.39 Å². The minimum absolute atomic E-state index is 0.0340. The molecule has 1 aliphatic rings. The third-order valence-electron chi connectivity index (χ3n) is 2.72. The summed E-state index contributed by atoms with van der Waals surface area (Å²) in [6.07, 6.45) is 1.40. The summed E-state index contributed by atoms with van der Waals surface area (Å²) in [4.78, 5) is 10.7. The van der Waals surface area contributed by atoms with E-state index in [0.717, 1.165) is 12.0 Å². The normalized spacial score (nSPS) is 25.4. The number of carboxylic acid groups (broad SMARTS) is 1. The smallest absolute Gasteiger partial charge is 0.320 e. The fraction of sp³-hybridized carbons (Fsp3) is 0.364. The Hall–Kier alpha value is -1.42. The van der Waals surface area contributed by atoms with E-state index in [1.54, 1.807) is 12.1 Å². The van der Waals surface area contributed by atoms with E-state index < -0.39 is 12.0 Å². The molecule has 80 valence electrons. The Labute approximate surface area is 86.9 Å². The van der Waals surface area contributed by atoms with Gasteiger partial charge in [0.1, 0.15) is 11.9 Å². The monoisotopic (exact) mass is 209 g/mol. The zero-order chi connectivity index (χ0) is 10.8. The van der Waals surface area contributed by atoms with Crippen LogP contribution in [-0.4, -0.2) is 17.1 Å². The van der Waals surface area contributed by atoms with Gasteiger partial charge in [-0.1, -0.05) is 12.1 Å². The lowest BCUT2D eigenvalue weighted by atomic mass is 10.1. The van der Waals surface area contributed by atoms with Crippen LogP contribution in [0.1, 0.15) is 24.4 Å². The van der Waals surface area contributed by atoms with Crippen molar-refractivity contribution in [2.24, 2.45) is 0 Å². The van der Waals surface area contributed by atoms with Crippen LogP contribution in [0.15, 0.2) is 24.3 Å². The van der Waals surface area contributed by atoms with Crippen LogP contribution in [-0.2, 0) is 4.79 Å². The molecule has 0 unspecified atom stereocenters. The molecule has 0 radical (unpaired) electrons. The molecule has 0 bridgehead atoms. The predicted octanol–water partition coefficient (Wildman–Crippen LogP) is 1.70. The summed E-state index contributed by atoms with van der Waals surface area (Å²) < 4.78 is 12.7. The first-order chi connectivity index (χ1) is 7.16. The molecule has 1 heterocycles. The quantitative estimate of drug-likeness (QED) is 0.779. The maximum Gasteiger partial charge on any atom is 0.320 e. The lowest BCUT2D eigenvalue weighted by Gasteiger charge is -2.11. The minimum atomic E-state index is -0.820. The van der Waals surface area contributed by atoms with E-state index in [4.69, 9.17) is 5.11 Å². The summed E-state index contributed by atoms with van der Waals surface area (Å²) in [5.74, 6) is -1.09. The van der Waals surface area contributed by atoms with Crippen molar-refractivity contribution >= 4 is 5.97 Å². The van der Waals surface area contributed by atoms with Crippen molar-refractivity contribution in [3.8, 4) is 0 Å². The van der Waals surface area contributed by atoms with Crippen LogP contribution < -0.4 is 5.32 Å². The number of hydrogen-bond acceptors (Lipinski definition) is 2. The van der Waals surface area contributed by atoms with Crippen LogP contribution in [0.5, 0.6) is 0 Å². The number of carbonyl (C=O) groups is 1. The predicted molar refractivity (Wildman–Crippen MR) is 52.9 cm³/mol. The highest BCUT2D eigenvalue weighted by Crippen LogP contribution is 2.26. The number of rotatable bonds is 2. The Morgan fingerprint density at radius 1 is 1.33 bits per heavy atom. The van der Waals surface area contributed by atoms with E-state index in [2.05, 4.69) is 5.32 Å². The average Bonchev–Trinajstić information content (AvgIpc) is 2.68. The molecule has 0 saturated carbocycles. The lowest BCUT2D eigenvalue weighted by molar-refractivity contribution is -0.139. The summed E-state index contributed by atoms with van der Waals surface area (Å²) >= 11 is 0. The molecule has 1 aromatic rings. The van der Waals surface area contributed by atoms with E-state index >= 15 is 0 Å². The SMILES string of the molecule is O=C(O)[C@@H]1CC[C@H](c2ccc(F)cc2)N1. The van der Waals surface area contributed by atoms with Gasteiger partial charge in [0.2, 0.25) is 0 Å². The Kier molecular flexibility index (Phi) is 2.68. The molecule has 4 heteroatoms. The Bertz CT molecular complexity index is 363. The first-order valence-electron chi connectivity index (χ1n) is 4.91. The number of nitrogens with one attached hydrogen (secondary N) is 1. The van der Waals surface area contributed by atoms with E-state index in [1.807, 2.05) is 0 Å². The highest BCUT2D eigenvalue weighted by molar-refractivity contribution is 5.73. The van der Waals surface area contributed by atoms with Gasteiger partial charge in [0, 0.05) is 6.04 Å². The van der Waals surface area contributed by atoms with Gasteiger partial charge in [-0.25, -0.2) is 4.39 Å². The van der Waals surface area contributed by atoms with Crippen LogP contribution in [0.25, 0.3) is 0 Å². The number of benzene rings is 1. The third kappa shape index (κ3) is 2.15. The molecule has 1 aromatic carbocycles. The molecule has 1 fully saturated rings. The Morgan fingerprint density at radius 3 is 2.53 bits per heavy atom. The molecular formula is C11H12FNO2. The minimum Gasteiger partial charge on any atom is -0.480 e. The molecule has 1 aliphatic heterocycles. The summed E-state index contributed by atoms with van der Waals surface area (Å²) in [5.41, 5.74) is 0.945. The van der Waals surface area contributed by atoms with Crippen molar-refractivity contribution in [3.63, 3.8) is 0 Å². The highest BCUT2D eigenvalue weighted by atomic mass is 19.1. The van der Waals surface area contributed by atoms with Gasteiger partial charge < -0.3 is 5.11 Å². The number of hydrogen-bond donors (Lipinski definition) is 2. The van der Waals surface area contributed by atoms with E-state index in [9.17, 15) is 9.18 Å². The largest absolute Gasteiger partial charge is 0.480 e. The molecule has 3 nitrogen and oxygen atoms in total. The van der Waals surface area contributed by atoms with Gasteiger partial charge >= 0.3 is 5.97 Å². The Morgan fingerprint density at radius 2 is 2.00 bits per heavy atom. The average molecular weight is 209 g/mol. The van der Waals surface area contributed by atoms with Crippen LogP contribution >= 0.6 is 0 Å². The molecule has 0 amide bonds. The standard InChI is InChI=1S/C11H12FNO2/c12-8-3-1-7(2-4-8)9-5-6-10(13-9)11(14)15/h1-4,9-10,13H,5-6H2,(H,14,15)/t9-,10+/m1/s1. The third-order valence-corrected chi connectivity index (χ3v) is 2.72. The van der Waals surface area contributed by atoms with Crippen molar-refractivity contribution in [2.75, 3.05) is 0 Å². The molecule has 15 heavy (non-hydrogen) atoms.